The molecular formula is C18H29N3O2. The van der Waals surface area contributed by atoms with Gasteiger partial charge in [0.05, 0.1) is 6.20 Å². The molecule has 0 spiro atoms. The Labute approximate surface area is 139 Å². The minimum absolute atomic E-state index is 0.179. The number of carbonyl (C=O) groups excluding carboxylic acids is 1. The molecule has 0 aliphatic heterocycles. The quantitative estimate of drug-likeness (QED) is 0.796. The van der Waals surface area contributed by atoms with Crippen LogP contribution < -0.4 is 10.1 Å². The molecule has 1 amide bonds. The largest absolute Gasteiger partial charge is 0.473 e. The van der Waals surface area contributed by atoms with Crippen molar-refractivity contribution >= 4 is 5.91 Å². The molecule has 1 fully saturated rings. The van der Waals surface area contributed by atoms with E-state index in [2.05, 4.69) is 29.1 Å². The van der Waals surface area contributed by atoms with Crippen LogP contribution in [-0.4, -0.2) is 28.0 Å². The van der Waals surface area contributed by atoms with Crippen LogP contribution in [0, 0.1) is 5.92 Å². The fourth-order valence-electron chi connectivity index (χ4n) is 3.26. The lowest BCUT2D eigenvalue weighted by molar-refractivity contribution is -0.126. The maximum absolute atomic E-state index is 12.4. The molecule has 0 unspecified atom stereocenters. The third-order valence-electron chi connectivity index (χ3n) is 4.49. The number of amides is 1. The Morgan fingerprint density at radius 1 is 1.22 bits per heavy atom. The Balaban J connectivity index is 1.74. The lowest BCUT2D eigenvalue weighted by Crippen LogP contribution is -2.42. The molecule has 23 heavy (non-hydrogen) atoms. The van der Waals surface area contributed by atoms with E-state index in [9.17, 15) is 4.79 Å². The van der Waals surface area contributed by atoms with Crippen molar-refractivity contribution in [2.75, 3.05) is 0 Å². The van der Waals surface area contributed by atoms with Crippen molar-refractivity contribution in [3.8, 4) is 5.88 Å². The van der Waals surface area contributed by atoms with Gasteiger partial charge in [0.25, 0.3) is 0 Å². The molecule has 1 aromatic heterocycles. The topological polar surface area (TPSA) is 64.1 Å². The molecular weight excluding hydrogens is 290 g/mol. The molecule has 5 nitrogen and oxygen atoms in total. The van der Waals surface area contributed by atoms with E-state index in [1.165, 1.54) is 0 Å². The molecule has 128 valence electrons. The average Bonchev–Trinajstić information content (AvgIpc) is 2.57. The van der Waals surface area contributed by atoms with Crippen LogP contribution in [0.2, 0.25) is 0 Å². The second kappa shape index (κ2) is 9.48. The van der Waals surface area contributed by atoms with Gasteiger partial charge in [-0.15, -0.1) is 0 Å². The van der Waals surface area contributed by atoms with Crippen LogP contribution in [0.1, 0.15) is 65.2 Å². The summed E-state index contributed by atoms with van der Waals surface area (Å²) in [5.41, 5.74) is 0. The van der Waals surface area contributed by atoms with Crippen LogP contribution in [0.3, 0.4) is 0 Å². The second-order valence-corrected chi connectivity index (χ2v) is 6.42. The molecule has 2 rings (SSSR count). The van der Waals surface area contributed by atoms with Crippen molar-refractivity contribution in [2.45, 2.75) is 77.4 Å². The molecule has 1 aromatic rings. The Hall–Kier alpha value is -1.65. The number of aromatic nitrogens is 2. The van der Waals surface area contributed by atoms with E-state index >= 15 is 0 Å². The zero-order valence-electron chi connectivity index (χ0n) is 14.3. The van der Waals surface area contributed by atoms with E-state index in [1.54, 1.807) is 18.6 Å². The van der Waals surface area contributed by atoms with E-state index in [0.717, 1.165) is 51.4 Å². The van der Waals surface area contributed by atoms with Gasteiger partial charge in [0.1, 0.15) is 6.10 Å². The lowest BCUT2D eigenvalue weighted by Gasteiger charge is -2.30. The molecule has 0 saturated heterocycles. The molecule has 0 bridgehead atoms. The average molecular weight is 319 g/mol. The maximum atomic E-state index is 12.4. The fourth-order valence-corrected chi connectivity index (χ4v) is 3.26. The summed E-state index contributed by atoms with van der Waals surface area (Å²) in [6.07, 6.45) is 13.1. The van der Waals surface area contributed by atoms with Crippen LogP contribution in [0.15, 0.2) is 18.6 Å². The third-order valence-corrected chi connectivity index (χ3v) is 4.49. The van der Waals surface area contributed by atoms with Crippen molar-refractivity contribution < 1.29 is 9.53 Å². The molecule has 1 aliphatic carbocycles. The van der Waals surface area contributed by atoms with Gasteiger partial charge in [0.2, 0.25) is 11.8 Å². The molecule has 1 heterocycles. The van der Waals surface area contributed by atoms with Gasteiger partial charge in [0.15, 0.2) is 0 Å². The second-order valence-electron chi connectivity index (χ2n) is 6.42. The molecule has 1 aliphatic rings. The van der Waals surface area contributed by atoms with Gasteiger partial charge < -0.3 is 10.1 Å². The van der Waals surface area contributed by atoms with Gasteiger partial charge in [-0.1, -0.05) is 26.7 Å². The van der Waals surface area contributed by atoms with Crippen molar-refractivity contribution in [1.82, 2.24) is 15.3 Å². The lowest BCUT2D eigenvalue weighted by atomic mass is 9.91. The molecule has 1 saturated carbocycles. The monoisotopic (exact) mass is 319 g/mol. The Kier molecular flexibility index (Phi) is 7.30. The van der Waals surface area contributed by atoms with Crippen molar-refractivity contribution in [1.29, 1.82) is 0 Å². The normalized spacial score (nSPS) is 21.2. The standard InChI is InChI=1S/C18H29N3O2/c1-3-5-14(6-4-2)18(22)21-15-7-9-16(10-8-15)23-17-13-19-11-12-20-17/h11-16H,3-10H2,1-2H3,(H,21,22). The summed E-state index contributed by atoms with van der Waals surface area (Å²) < 4.78 is 5.85. The maximum Gasteiger partial charge on any atom is 0.232 e. The van der Waals surface area contributed by atoms with Crippen LogP contribution >= 0.6 is 0 Å². The zero-order valence-corrected chi connectivity index (χ0v) is 14.3. The Bertz CT molecular complexity index is 453. The number of carbonyl (C=O) groups is 1. The van der Waals surface area contributed by atoms with Crippen molar-refractivity contribution in [3.05, 3.63) is 18.6 Å². The number of nitrogens with zero attached hydrogens (tertiary/aromatic N) is 2. The summed E-state index contributed by atoms with van der Waals surface area (Å²) in [7, 11) is 0. The van der Waals surface area contributed by atoms with Crippen LogP contribution in [0.4, 0.5) is 0 Å². The van der Waals surface area contributed by atoms with E-state index in [0.29, 0.717) is 11.9 Å². The van der Waals surface area contributed by atoms with Gasteiger partial charge in [-0.05, 0) is 38.5 Å². The highest BCUT2D eigenvalue weighted by Crippen LogP contribution is 2.23. The highest BCUT2D eigenvalue weighted by atomic mass is 16.5. The van der Waals surface area contributed by atoms with Gasteiger partial charge in [-0.2, -0.15) is 0 Å². The number of nitrogens with one attached hydrogen (secondary N) is 1. The summed E-state index contributed by atoms with van der Waals surface area (Å²) in [5, 5.41) is 3.25. The summed E-state index contributed by atoms with van der Waals surface area (Å²) in [4.78, 5) is 20.6. The summed E-state index contributed by atoms with van der Waals surface area (Å²) in [6.45, 7) is 4.29. The SMILES string of the molecule is CCCC(CCC)C(=O)NC1CCC(Oc2cnccn2)CC1. The first-order valence-electron chi connectivity index (χ1n) is 8.96. The third kappa shape index (κ3) is 5.81. The van der Waals surface area contributed by atoms with Crippen LogP contribution in [0.25, 0.3) is 0 Å². The smallest absolute Gasteiger partial charge is 0.232 e. The van der Waals surface area contributed by atoms with Crippen LogP contribution in [0.5, 0.6) is 5.88 Å². The van der Waals surface area contributed by atoms with Crippen molar-refractivity contribution in [3.63, 3.8) is 0 Å². The number of rotatable bonds is 8. The minimum Gasteiger partial charge on any atom is -0.473 e. The molecule has 0 radical (unpaired) electrons. The predicted octanol–water partition coefficient (Wildman–Crippen LogP) is 3.50. The van der Waals surface area contributed by atoms with E-state index in [-0.39, 0.29) is 17.9 Å². The zero-order chi connectivity index (χ0) is 16.5. The first kappa shape index (κ1) is 17.7. The predicted molar refractivity (Wildman–Crippen MR) is 90.2 cm³/mol. The van der Waals surface area contributed by atoms with Gasteiger partial charge in [-0.25, -0.2) is 4.98 Å². The number of hydrogen-bond donors (Lipinski definition) is 1. The molecule has 1 N–H and O–H groups in total. The molecule has 0 aromatic carbocycles. The van der Waals surface area contributed by atoms with E-state index in [1.807, 2.05) is 0 Å². The van der Waals surface area contributed by atoms with Crippen LogP contribution in [-0.2, 0) is 4.79 Å². The van der Waals surface area contributed by atoms with Gasteiger partial charge in [0, 0.05) is 24.4 Å². The van der Waals surface area contributed by atoms with E-state index < -0.39 is 0 Å². The number of ether oxygens (including phenoxy) is 1. The van der Waals surface area contributed by atoms with Gasteiger partial charge >= 0.3 is 0 Å². The first-order valence-corrected chi connectivity index (χ1v) is 8.96. The summed E-state index contributed by atoms with van der Waals surface area (Å²) in [6, 6.07) is 0.292. The highest BCUT2D eigenvalue weighted by molar-refractivity contribution is 5.78. The Morgan fingerprint density at radius 3 is 2.48 bits per heavy atom. The van der Waals surface area contributed by atoms with E-state index in [4.69, 9.17) is 4.74 Å². The Morgan fingerprint density at radius 2 is 1.91 bits per heavy atom. The minimum atomic E-state index is 0.179. The van der Waals surface area contributed by atoms with Gasteiger partial charge in [-0.3, -0.25) is 9.78 Å². The highest BCUT2D eigenvalue weighted by Gasteiger charge is 2.26. The fraction of sp³-hybridized carbons (Fsp3) is 0.722. The van der Waals surface area contributed by atoms with Crippen molar-refractivity contribution in [2.24, 2.45) is 5.92 Å². The summed E-state index contributed by atoms with van der Waals surface area (Å²) in [5.74, 6) is 1.01. The number of hydrogen-bond acceptors (Lipinski definition) is 4. The molecule has 0 atom stereocenters. The first-order chi connectivity index (χ1) is 11.2. The molecule has 5 heteroatoms. The summed E-state index contributed by atoms with van der Waals surface area (Å²) >= 11 is 0.